The summed E-state index contributed by atoms with van der Waals surface area (Å²) in [4.78, 5) is 0. The van der Waals surface area contributed by atoms with Crippen LogP contribution in [0.15, 0.2) is 0 Å². The van der Waals surface area contributed by atoms with Crippen LogP contribution in [0.5, 0.6) is 0 Å². The summed E-state index contributed by atoms with van der Waals surface area (Å²) in [5.41, 5.74) is 1.03. The quantitative estimate of drug-likeness (QED) is 0.729. The van der Waals surface area contributed by atoms with Crippen molar-refractivity contribution < 1.29 is 0 Å². The lowest BCUT2D eigenvalue weighted by molar-refractivity contribution is 0.0522. The molecule has 0 spiro atoms. The third kappa shape index (κ3) is 2.13. The van der Waals surface area contributed by atoms with Gasteiger partial charge in [-0.3, -0.25) is 0 Å². The number of rotatable bonds is 3. The van der Waals surface area contributed by atoms with Gasteiger partial charge in [0.25, 0.3) is 0 Å². The second-order valence-corrected chi connectivity index (χ2v) is 5.51. The maximum absolute atomic E-state index is 3.63. The van der Waals surface area contributed by atoms with E-state index in [0.29, 0.717) is 10.8 Å². The molecule has 0 aromatic heterocycles. The Bertz CT molecular complexity index is 164. The van der Waals surface area contributed by atoms with E-state index in [-0.39, 0.29) is 0 Å². The van der Waals surface area contributed by atoms with Gasteiger partial charge in [-0.05, 0) is 36.6 Å². The SMILES string of the molecule is CCC(C)(C)C1(CC)CCCCNC1. The van der Waals surface area contributed by atoms with Gasteiger partial charge in [0.1, 0.15) is 0 Å². The topological polar surface area (TPSA) is 12.0 Å². The van der Waals surface area contributed by atoms with Gasteiger partial charge in [-0.25, -0.2) is 0 Å². The predicted octanol–water partition coefficient (Wildman–Crippen LogP) is 3.59. The van der Waals surface area contributed by atoms with Gasteiger partial charge in [-0.1, -0.05) is 40.5 Å². The third-order valence-electron chi connectivity index (χ3n) is 4.72. The van der Waals surface area contributed by atoms with Crippen LogP contribution < -0.4 is 5.32 Å². The summed E-state index contributed by atoms with van der Waals surface area (Å²) in [7, 11) is 0. The normalized spacial score (nSPS) is 30.0. The molecule has 1 fully saturated rings. The average molecular weight is 197 g/mol. The van der Waals surface area contributed by atoms with E-state index in [1.807, 2.05) is 0 Å². The summed E-state index contributed by atoms with van der Waals surface area (Å²) in [6, 6.07) is 0. The second-order valence-electron chi connectivity index (χ2n) is 5.51. The molecule has 0 bridgehead atoms. The van der Waals surface area contributed by atoms with Gasteiger partial charge < -0.3 is 5.32 Å². The summed E-state index contributed by atoms with van der Waals surface area (Å²) in [6.07, 6.45) is 6.80. The van der Waals surface area contributed by atoms with Crippen molar-refractivity contribution in [3.63, 3.8) is 0 Å². The minimum Gasteiger partial charge on any atom is -0.316 e. The second kappa shape index (κ2) is 4.65. The zero-order chi connectivity index (χ0) is 10.7. The minimum absolute atomic E-state index is 0.485. The number of nitrogens with one attached hydrogen (secondary N) is 1. The molecule has 0 aliphatic carbocycles. The molecule has 0 amide bonds. The first-order chi connectivity index (χ1) is 6.58. The largest absolute Gasteiger partial charge is 0.316 e. The van der Waals surface area contributed by atoms with Crippen LogP contribution in [-0.2, 0) is 0 Å². The lowest BCUT2D eigenvalue weighted by Crippen LogP contribution is -2.43. The van der Waals surface area contributed by atoms with Gasteiger partial charge in [0.2, 0.25) is 0 Å². The Morgan fingerprint density at radius 1 is 1.21 bits per heavy atom. The van der Waals surface area contributed by atoms with Gasteiger partial charge in [-0.2, -0.15) is 0 Å². The molecule has 1 heterocycles. The zero-order valence-electron chi connectivity index (χ0n) is 10.4. The van der Waals surface area contributed by atoms with Crippen molar-refractivity contribution in [3.05, 3.63) is 0 Å². The lowest BCUT2D eigenvalue weighted by atomic mass is 9.60. The van der Waals surface area contributed by atoms with Gasteiger partial charge in [0, 0.05) is 6.54 Å². The fourth-order valence-electron chi connectivity index (χ4n) is 2.86. The molecule has 1 N–H and O–H groups in total. The molecule has 0 aromatic rings. The Hall–Kier alpha value is -0.0400. The summed E-state index contributed by atoms with van der Waals surface area (Å²) in [5, 5.41) is 3.63. The highest BCUT2D eigenvalue weighted by Gasteiger charge is 2.41. The van der Waals surface area contributed by atoms with Crippen LogP contribution in [0.4, 0.5) is 0 Å². The monoisotopic (exact) mass is 197 g/mol. The highest BCUT2D eigenvalue weighted by atomic mass is 14.9. The fraction of sp³-hybridized carbons (Fsp3) is 1.00. The van der Waals surface area contributed by atoms with E-state index in [4.69, 9.17) is 0 Å². The van der Waals surface area contributed by atoms with Crippen LogP contribution in [0.3, 0.4) is 0 Å². The van der Waals surface area contributed by atoms with Gasteiger partial charge in [0.15, 0.2) is 0 Å². The number of hydrogen-bond donors (Lipinski definition) is 1. The molecule has 0 saturated carbocycles. The standard InChI is InChI=1S/C13H27N/c1-5-12(3,4)13(6-2)9-7-8-10-14-11-13/h14H,5-11H2,1-4H3. The van der Waals surface area contributed by atoms with E-state index >= 15 is 0 Å². The fourth-order valence-corrected chi connectivity index (χ4v) is 2.86. The third-order valence-corrected chi connectivity index (χ3v) is 4.72. The van der Waals surface area contributed by atoms with Crippen LogP contribution in [0, 0.1) is 10.8 Å². The summed E-state index contributed by atoms with van der Waals surface area (Å²) < 4.78 is 0. The van der Waals surface area contributed by atoms with Crippen LogP contribution in [0.25, 0.3) is 0 Å². The first-order valence-corrected chi connectivity index (χ1v) is 6.29. The summed E-state index contributed by atoms with van der Waals surface area (Å²) in [5.74, 6) is 0. The molecule has 0 aromatic carbocycles. The first kappa shape index (κ1) is 12.0. The van der Waals surface area contributed by atoms with E-state index < -0.39 is 0 Å². The molecule has 1 unspecified atom stereocenters. The Balaban J connectivity index is 2.81. The van der Waals surface area contributed by atoms with Crippen molar-refractivity contribution in [1.29, 1.82) is 0 Å². The van der Waals surface area contributed by atoms with E-state index in [2.05, 4.69) is 33.0 Å². The van der Waals surface area contributed by atoms with Crippen molar-refractivity contribution in [1.82, 2.24) is 5.32 Å². The first-order valence-electron chi connectivity index (χ1n) is 6.29. The van der Waals surface area contributed by atoms with Gasteiger partial charge in [0.05, 0.1) is 0 Å². The Morgan fingerprint density at radius 2 is 1.93 bits per heavy atom. The van der Waals surface area contributed by atoms with Gasteiger partial charge >= 0.3 is 0 Å². The highest BCUT2D eigenvalue weighted by Crippen LogP contribution is 2.48. The van der Waals surface area contributed by atoms with Crippen molar-refractivity contribution in [2.45, 2.75) is 59.8 Å². The molecule has 0 radical (unpaired) electrons. The molecule has 1 saturated heterocycles. The Morgan fingerprint density at radius 3 is 2.50 bits per heavy atom. The van der Waals surface area contributed by atoms with Crippen LogP contribution in [-0.4, -0.2) is 13.1 Å². The molecule has 1 atom stereocenters. The average Bonchev–Trinajstić information content (AvgIpc) is 2.43. The molecule has 84 valence electrons. The lowest BCUT2D eigenvalue weighted by Gasteiger charge is -2.46. The predicted molar refractivity (Wildman–Crippen MR) is 63.5 cm³/mol. The molecule has 1 rings (SSSR count). The molecular formula is C13H27N. The van der Waals surface area contributed by atoms with Crippen molar-refractivity contribution in [2.75, 3.05) is 13.1 Å². The maximum Gasteiger partial charge on any atom is 0.00128 e. The summed E-state index contributed by atoms with van der Waals surface area (Å²) in [6.45, 7) is 12.0. The molecule has 1 nitrogen and oxygen atoms in total. The maximum atomic E-state index is 3.63. The zero-order valence-corrected chi connectivity index (χ0v) is 10.4. The summed E-state index contributed by atoms with van der Waals surface area (Å²) >= 11 is 0. The van der Waals surface area contributed by atoms with E-state index in [1.165, 1.54) is 45.2 Å². The van der Waals surface area contributed by atoms with Crippen LogP contribution >= 0.6 is 0 Å². The molecule has 1 heteroatoms. The van der Waals surface area contributed by atoms with Crippen LogP contribution in [0.1, 0.15) is 59.8 Å². The Labute approximate surface area is 89.7 Å². The van der Waals surface area contributed by atoms with E-state index in [0.717, 1.165) is 0 Å². The van der Waals surface area contributed by atoms with Crippen LogP contribution in [0.2, 0.25) is 0 Å². The number of hydrogen-bond acceptors (Lipinski definition) is 1. The smallest absolute Gasteiger partial charge is 0.00128 e. The van der Waals surface area contributed by atoms with Crippen molar-refractivity contribution in [3.8, 4) is 0 Å². The molecule has 1 aliphatic rings. The Kier molecular flexibility index (Phi) is 4.00. The molecule has 14 heavy (non-hydrogen) atoms. The minimum atomic E-state index is 0.485. The van der Waals surface area contributed by atoms with Gasteiger partial charge in [-0.15, -0.1) is 0 Å². The molecular weight excluding hydrogens is 170 g/mol. The van der Waals surface area contributed by atoms with Crippen molar-refractivity contribution >= 4 is 0 Å². The molecule has 1 aliphatic heterocycles. The van der Waals surface area contributed by atoms with E-state index in [9.17, 15) is 0 Å². The van der Waals surface area contributed by atoms with E-state index in [1.54, 1.807) is 0 Å². The van der Waals surface area contributed by atoms with Crippen molar-refractivity contribution in [2.24, 2.45) is 10.8 Å². The highest BCUT2D eigenvalue weighted by molar-refractivity contribution is 4.94.